The van der Waals surface area contributed by atoms with Gasteiger partial charge in [-0.05, 0) is 42.7 Å². The van der Waals surface area contributed by atoms with Crippen LogP contribution in [0.15, 0.2) is 63.7 Å². The minimum atomic E-state index is -0.646. The molecule has 0 N–H and O–H groups in total. The van der Waals surface area contributed by atoms with E-state index in [9.17, 15) is 14.4 Å². The Kier molecular flexibility index (Phi) is 5.17. The average molecular weight is 434 g/mol. The smallest absolute Gasteiger partial charge is 0.379 e. The molecule has 2 aromatic rings. The predicted molar refractivity (Wildman–Crippen MR) is 112 cm³/mol. The molecular formula is C25H22O7. The van der Waals surface area contributed by atoms with Gasteiger partial charge in [-0.25, -0.2) is 4.79 Å². The van der Waals surface area contributed by atoms with Crippen molar-refractivity contribution in [3.05, 3.63) is 70.6 Å². The highest BCUT2D eigenvalue weighted by Crippen LogP contribution is 2.48. The molecule has 0 unspecified atom stereocenters. The topological polar surface area (TPSA) is 92.0 Å². The molecule has 0 radical (unpaired) electrons. The number of ether oxygens (including phenoxy) is 3. The number of benzene rings is 1. The maximum Gasteiger partial charge on any atom is 0.379 e. The van der Waals surface area contributed by atoms with Crippen LogP contribution in [0, 0.1) is 0 Å². The van der Waals surface area contributed by atoms with Gasteiger partial charge in [-0.2, -0.15) is 0 Å². The van der Waals surface area contributed by atoms with Gasteiger partial charge in [-0.15, -0.1) is 0 Å². The van der Waals surface area contributed by atoms with Gasteiger partial charge >= 0.3 is 5.97 Å². The van der Waals surface area contributed by atoms with Crippen molar-refractivity contribution in [2.45, 2.75) is 44.4 Å². The van der Waals surface area contributed by atoms with Crippen LogP contribution in [0.25, 0.3) is 0 Å². The van der Waals surface area contributed by atoms with E-state index in [4.69, 9.17) is 18.6 Å². The van der Waals surface area contributed by atoms with Crippen LogP contribution in [-0.2, 0) is 14.3 Å². The van der Waals surface area contributed by atoms with Crippen LogP contribution >= 0.6 is 0 Å². The fraction of sp³-hybridized carbons (Fsp3) is 0.320. The molecule has 0 bridgehead atoms. The van der Waals surface area contributed by atoms with Crippen molar-refractivity contribution in [1.29, 1.82) is 0 Å². The number of carbonyl (C=O) groups excluding carboxylic acids is 3. The Bertz CT molecular complexity index is 1120. The van der Waals surface area contributed by atoms with E-state index in [0.29, 0.717) is 54.1 Å². The number of allylic oxidation sites excluding steroid dienone is 4. The van der Waals surface area contributed by atoms with Gasteiger partial charge < -0.3 is 18.6 Å². The summed E-state index contributed by atoms with van der Waals surface area (Å²) in [7, 11) is 1.47. The molecule has 0 atom stereocenters. The molecule has 2 aliphatic carbocycles. The molecule has 2 heterocycles. The molecule has 0 fully saturated rings. The summed E-state index contributed by atoms with van der Waals surface area (Å²) in [5.74, 6) is 0.833. The van der Waals surface area contributed by atoms with Gasteiger partial charge in [0.1, 0.15) is 11.5 Å². The summed E-state index contributed by atoms with van der Waals surface area (Å²) in [5, 5.41) is 0. The lowest BCUT2D eigenvalue weighted by molar-refractivity contribution is -0.117. The number of hydrogen-bond acceptors (Lipinski definition) is 7. The standard InChI is InChI=1S/C25H22O7/c1-29-21-13-14(10-11-17(21)32-25(28)20-9-4-12-30-20)22-23-15(26)5-2-7-18(23)31-19-8-3-6-16(27)24(19)22/h4,9-13,22H,2-3,5-8H2,1H3. The highest BCUT2D eigenvalue weighted by Gasteiger charge is 2.42. The molecule has 0 spiro atoms. The minimum Gasteiger partial charge on any atom is -0.493 e. The first-order valence-corrected chi connectivity index (χ1v) is 10.7. The number of esters is 1. The quantitative estimate of drug-likeness (QED) is 0.511. The third-order valence-electron chi connectivity index (χ3n) is 6.09. The lowest BCUT2D eigenvalue weighted by atomic mass is 9.73. The van der Waals surface area contributed by atoms with E-state index in [1.807, 2.05) is 0 Å². The Labute approximate surface area is 184 Å². The summed E-state index contributed by atoms with van der Waals surface area (Å²) < 4.78 is 22.1. The van der Waals surface area contributed by atoms with Crippen LogP contribution in [0.5, 0.6) is 11.5 Å². The zero-order chi connectivity index (χ0) is 22.2. The Morgan fingerprint density at radius 3 is 2.22 bits per heavy atom. The van der Waals surface area contributed by atoms with Gasteiger partial charge in [0.2, 0.25) is 5.76 Å². The normalized spacial score (nSPS) is 18.8. The Balaban J connectivity index is 1.56. The summed E-state index contributed by atoms with van der Waals surface area (Å²) >= 11 is 0. The number of carbonyl (C=O) groups is 3. The SMILES string of the molecule is COc1cc(C2C3=C(CCCC3=O)OC3=C2C(=O)CCC3)ccc1OC(=O)c1ccco1. The van der Waals surface area contributed by atoms with Gasteiger partial charge in [-0.3, -0.25) is 9.59 Å². The summed E-state index contributed by atoms with van der Waals surface area (Å²) in [4.78, 5) is 38.1. The molecule has 0 saturated carbocycles. The summed E-state index contributed by atoms with van der Waals surface area (Å²) in [5.41, 5.74) is 1.86. The van der Waals surface area contributed by atoms with Crippen molar-refractivity contribution in [2.75, 3.05) is 7.11 Å². The number of methoxy groups -OCH3 is 1. The Morgan fingerprint density at radius 1 is 0.938 bits per heavy atom. The fourth-order valence-corrected chi connectivity index (χ4v) is 4.64. The predicted octanol–water partition coefficient (Wildman–Crippen LogP) is 4.64. The zero-order valence-corrected chi connectivity index (χ0v) is 17.6. The minimum absolute atomic E-state index is 0.00784. The third-order valence-corrected chi connectivity index (χ3v) is 6.09. The molecular weight excluding hydrogens is 412 g/mol. The fourth-order valence-electron chi connectivity index (χ4n) is 4.64. The van der Waals surface area contributed by atoms with Crippen LogP contribution in [0.1, 0.15) is 60.6 Å². The molecule has 0 saturated heterocycles. The Hall–Kier alpha value is -3.61. The van der Waals surface area contributed by atoms with Crippen LogP contribution in [0.3, 0.4) is 0 Å². The summed E-state index contributed by atoms with van der Waals surface area (Å²) in [6.07, 6.45) is 5.10. The molecule has 7 nitrogen and oxygen atoms in total. The number of Topliss-reactive ketones (excluding diaryl/α,β-unsaturated/α-hetero) is 2. The zero-order valence-electron chi connectivity index (χ0n) is 17.6. The van der Waals surface area contributed by atoms with E-state index in [0.717, 1.165) is 18.4 Å². The molecule has 1 aromatic carbocycles. The first-order chi connectivity index (χ1) is 15.6. The van der Waals surface area contributed by atoms with Gasteiger partial charge in [0, 0.05) is 42.7 Å². The molecule has 5 rings (SSSR count). The van der Waals surface area contributed by atoms with Gasteiger partial charge in [-0.1, -0.05) is 6.07 Å². The second-order valence-electron chi connectivity index (χ2n) is 8.04. The largest absolute Gasteiger partial charge is 0.493 e. The number of rotatable bonds is 4. The molecule has 1 aromatic heterocycles. The summed E-state index contributed by atoms with van der Waals surface area (Å²) in [6, 6.07) is 8.21. The second kappa shape index (κ2) is 8.15. The molecule has 164 valence electrons. The van der Waals surface area contributed by atoms with Gasteiger partial charge in [0.25, 0.3) is 0 Å². The monoisotopic (exact) mass is 434 g/mol. The van der Waals surface area contributed by atoms with Crippen LogP contribution in [-0.4, -0.2) is 24.6 Å². The molecule has 7 heteroatoms. The van der Waals surface area contributed by atoms with E-state index >= 15 is 0 Å². The van der Waals surface area contributed by atoms with Crippen molar-refractivity contribution in [2.24, 2.45) is 0 Å². The maximum atomic E-state index is 12.9. The van der Waals surface area contributed by atoms with Gasteiger partial charge in [0.05, 0.1) is 13.4 Å². The van der Waals surface area contributed by atoms with Crippen LogP contribution in [0.4, 0.5) is 0 Å². The summed E-state index contributed by atoms with van der Waals surface area (Å²) in [6.45, 7) is 0. The number of hydrogen-bond donors (Lipinski definition) is 0. The van der Waals surface area contributed by atoms with E-state index in [1.165, 1.54) is 19.4 Å². The maximum absolute atomic E-state index is 12.9. The van der Waals surface area contributed by atoms with Crippen molar-refractivity contribution >= 4 is 17.5 Å². The number of ketones is 2. The first-order valence-electron chi connectivity index (χ1n) is 10.7. The second-order valence-corrected chi connectivity index (χ2v) is 8.04. The molecule has 3 aliphatic rings. The molecule has 32 heavy (non-hydrogen) atoms. The van der Waals surface area contributed by atoms with Crippen LogP contribution < -0.4 is 9.47 Å². The lowest BCUT2D eigenvalue weighted by Gasteiger charge is -2.36. The van der Waals surface area contributed by atoms with Crippen LogP contribution in [0.2, 0.25) is 0 Å². The van der Waals surface area contributed by atoms with Gasteiger partial charge in [0.15, 0.2) is 23.1 Å². The third kappa shape index (κ3) is 3.43. The highest BCUT2D eigenvalue weighted by atomic mass is 16.6. The van der Waals surface area contributed by atoms with E-state index in [1.54, 1.807) is 24.3 Å². The number of furan rings is 1. The van der Waals surface area contributed by atoms with Crippen molar-refractivity contribution in [3.8, 4) is 11.5 Å². The van der Waals surface area contributed by atoms with Crippen molar-refractivity contribution < 1.29 is 33.0 Å². The van der Waals surface area contributed by atoms with E-state index < -0.39 is 11.9 Å². The lowest BCUT2D eigenvalue weighted by Crippen LogP contribution is -2.30. The molecule has 1 aliphatic heterocycles. The highest BCUT2D eigenvalue weighted by molar-refractivity contribution is 6.05. The van der Waals surface area contributed by atoms with Crippen molar-refractivity contribution in [1.82, 2.24) is 0 Å². The van der Waals surface area contributed by atoms with Crippen molar-refractivity contribution in [3.63, 3.8) is 0 Å². The van der Waals surface area contributed by atoms with E-state index in [2.05, 4.69) is 0 Å². The van der Waals surface area contributed by atoms with E-state index in [-0.39, 0.29) is 23.1 Å². The Morgan fingerprint density at radius 2 is 1.62 bits per heavy atom. The average Bonchev–Trinajstić information content (AvgIpc) is 3.34. The molecule has 0 amide bonds. The first kappa shape index (κ1) is 20.3.